The lowest BCUT2D eigenvalue weighted by atomic mass is 10.2. The van der Waals surface area contributed by atoms with Crippen LogP contribution in [0.15, 0.2) is 70.5 Å². The molecule has 2 aromatic carbocycles. The van der Waals surface area contributed by atoms with Crippen LogP contribution < -0.4 is 5.32 Å². The van der Waals surface area contributed by atoms with E-state index in [1.165, 1.54) is 5.56 Å². The quantitative estimate of drug-likeness (QED) is 0.654. The predicted octanol–water partition coefficient (Wildman–Crippen LogP) is 4.63. The van der Waals surface area contributed by atoms with Crippen molar-refractivity contribution in [2.75, 3.05) is 5.32 Å². The van der Waals surface area contributed by atoms with Crippen LogP contribution in [0.25, 0.3) is 0 Å². The maximum absolute atomic E-state index is 12.0. The van der Waals surface area contributed by atoms with Gasteiger partial charge in [-0.1, -0.05) is 47.7 Å². The lowest BCUT2D eigenvalue weighted by Gasteiger charge is -2.05. The predicted molar refractivity (Wildman–Crippen MR) is 85.9 cm³/mol. The highest BCUT2D eigenvalue weighted by atomic mass is 32.2. The minimum Gasteiger partial charge on any atom is -0.322 e. The van der Waals surface area contributed by atoms with Gasteiger partial charge in [-0.15, -0.1) is 0 Å². The fraction of sp³-hybridized carbons (Fsp3) is 0.118. The van der Waals surface area contributed by atoms with Crippen molar-refractivity contribution in [3.8, 4) is 0 Å². The van der Waals surface area contributed by atoms with Gasteiger partial charge in [-0.25, -0.2) is 0 Å². The third kappa shape index (κ3) is 4.28. The van der Waals surface area contributed by atoms with Gasteiger partial charge in [0.25, 0.3) is 5.91 Å². The number of rotatable bonds is 4. The molecule has 0 spiro atoms. The number of carbonyl (C=O) groups is 1. The van der Waals surface area contributed by atoms with E-state index in [9.17, 15) is 4.79 Å². The van der Waals surface area contributed by atoms with E-state index in [-0.39, 0.29) is 5.91 Å². The summed E-state index contributed by atoms with van der Waals surface area (Å²) in [6.45, 7) is 3.88. The molecule has 1 N–H and O–H groups in total. The first-order valence-electron chi connectivity index (χ1n) is 6.41. The summed E-state index contributed by atoms with van der Waals surface area (Å²) in [5.41, 5.74) is 2.74. The molecular formula is C17H17NOS. The van der Waals surface area contributed by atoms with Crippen LogP contribution in [0, 0.1) is 6.92 Å². The zero-order valence-electron chi connectivity index (χ0n) is 11.6. The van der Waals surface area contributed by atoms with Gasteiger partial charge in [0, 0.05) is 16.2 Å². The Morgan fingerprint density at radius 3 is 2.35 bits per heavy atom. The first kappa shape index (κ1) is 14.4. The van der Waals surface area contributed by atoms with Crippen LogP contribution in [0.2, 0.25) is 0 Å². The zero-order chi connectivity index (χ0) is 14.4. The molecular weight excluding hydrogens is 266 g/mol. The molecule has 20 heavy (non-hydrogen) atoms. The van der Waals surface area contributed by atoms with Crippen LogP contribution in [0.3, 0.4) is 0 Å². The molecule has 2 nitrogen and oxygen atoms in total. The zero-order valence-corrected chi connectivity index (χ0v) is 12.4. The van der Waals surface area contributed by atoms with Crippen LogP contribution in [0.1, 0.15) is 12.5 Å². The van der Waals surface area contributed by atoms with E-state index in [0.29, 0.717) is 5.57 Å². The van der Waals surface area contributed by atoms with Gasteiger partial charge in [0.15, 0.2) is 0 Å². The number of para-hydroxylation sites is 1. The molecule has 2 aromatic rings. The Kier molecular flexibility index (Phi) is 5.02. The van der Waals surface area contributed by atoms with Crippen molar-refractivity contribution in [2.24, 2.45) is 0 Å². The molecule has 0 saturated carbocycles. The van der Waals surface area contributed by atoms with Crippen molar-refractivity contribution in [3.63, 3.8) is 0 Å². The Morgan fingerprint density at radius 1 is 1.05 bits per heavy atom. The molecule has 0 unspecified atom stereocenters. The largest absolute Gasteiger partial charge is 0.322 e. The highest BCUT2D eigenvalue weighted by Gasteiger charge is 2.04. The fourth-order valence-electron chi connectivity index (χ4n) is 1.58. The molecule has 0 radical (unpaired) electrons. The van der Waals surface area contributed by atoms with Crippen LogP contribution in [0.5, 0.6) is 0 Å². The Balaban J connectivity index is 1.96. The molecule has 0 aliphatic heterocycles. The second kappa shape index (κ2) is 6.96. The number of amides is 1. The van der Waals surface area contributed by atoms with Crippen molar-refractivity contribution >= 4 is 23.4 Å². The third-order valence-electron chi connectivity index (χ3n) is 2.78. The van der Waals surface area contributed by atoms with E-state index < -0.39 is 0 Å². The van der Waals surface area contributed by atoms with Gasteiger partial charge >= 0.3 is 0 Å². The van der Waals surface area contributed by atoms with Gasteiger partial charge in [-0.3, -0.25) is 4.79 Å². The molecule has 0 aromatic heterocycles. The molecule has 2 rings (SSSR count). The van der Waals surface area contributed by atoms with E-state index in [1.54, 1.807) is 11.8 Å². The van der Waals surface area contributed by atoms with Crippen molar-refractivity contribution in [1.82, 2.24) is 0 Å². The average Bonchev–Trinajstić information content (AvgIpc) is 2.47. The molecule has 102 valence electrons. The molecule has 1 amide bonds. The normalized spacial score (nSPS) is 11.2. The Bertz CT molecular complexity index is 603. The molecule has 0 saturated heterocycles. The van der Waals surface area contributed by atoms with Gasteiger partial charge in [0.05, 0.1) is 0 Å². The SMILES string of the molecule is CC(=CSc1ccc(C)cc1)C(=O)Nc1ccccc1. The van der Waals surface area contributed by atoms with E-state index in [1.807, 2.05) is 42.7 Å². The molecule has 3 heteroatoms. The van der Waals surface area contributed by atoms with Crippen LogP contribution in [0.4, 0.5) is 5.69 Å². The van der Waals surface area contributed by atoms with Crippen LogP contribution >= 0.6 is 11.8 Å². The molecule has 0 heterocycles. The molecule has 0 atom stereocenters. The second-order valence-electron chi connectivity index (χ2n) is 4.55. The third-order valence-corrected chi connectivity index (χ3v) is 3.80. The highest BCUT2D eigenvalue weighted by molar-refractivity contribution is 8.02. The lowest BCUT2D eigenvalue weighted by Crippen LogP contribution is -2.12. The lowest BCUT2D eigenvalue weighted by molar-refractivity contribution is -0.112. The number of hydrogen-bond donors (Lipinski definition) is 1. The van der Waals surface area contributed by atoms with Crippen LogP contribution in [-0.4, -0.2) is 5.91 Å². The van der Waals surface area contributed by atoms with Crippen molar-refractivity contribution in [2.45, 2.75) is 18.7 Å². The minimum absolute atomic E-state index is 0.0733. The second-order valence-corrected chi connectivity index (χ2v) is 5.49. The molecule has 0 bridgehead atoms. The number of aryl methyl sites for hydroxylation is 1. The van der Waals surface area contributed by atoms with E-state index in [0.717, 1.165) is 10.6 Å². The maximum atomic E-state index is 12.0. The summed E-state index contributed by atoms with van der Waals surface area (Å²) in [7, 11) is 0. The standard InChI is InChI=1S/C17H17NOS/c1-13-8-10-16(11-9-13)20-12-14(2)17(19)18-15-6-4-3-5-7-15/h3-12H,1-2H3,(H,18,19). The number of carbonyl (C=O) groups excluding carboxylic acids is 1. The Labute approximate surface area is 123 Å². The highest BCUT2D eigenvalue weighted by Crippen LogP contribution is 2.21. The molecule has 0 aliphatic rings. The summed E-state index contributed by atoms with van der Waals surface area (Å²) >= 11 is 1.55. The Hall–Kier alpha value is -2.00. The summed E-state index contributed by atoms with van der Waals surface area (Å²) in [6.07, 6.45) is 0. The van der Waals surface area contributed by atoms with E-state index in [4.69, 9.17) is 0 Å². The van der Waals surface area contributed by atoms with Gasteiger partial charge in [-0.05, 0) is 43.5 Å². The summed E-state index contributed by atoms with van der Waals surface area (Å²) in [5, 5.41) is 4.74. The van der Waals surface area contributed by atoms with E-state index in [2.05, 4.69) is 36.5 Å². The van der Waals surface area contributed by atoms with Gasteiger partial charge in [0.2, 0.25) is 0 Å². The molecule has 0 fully saturated rings. The first-order chi connectivity index (χ1) is 9.65. The number of hydrogen-bond acceptors (Lipinski definition) is 2. The fourth-order valence-corrected chi connectivity index (χ4v) is 2.29. The van der Waals surface area contributed by atoms with Gasteiger partial charge in [-0.2, -0.15) is 0 Å². The summed E-state index contributed by atoms with van der Waals surface area (Å²) in [5.74, 6) is -0.0733. The number of benzene rings is 2. The summed E-state index contributed by atoms with van der Waals surface area (Å²) in [4.78, 5) is 13.1. The van der Waals surface area contributed by atoms with Crippen molar-refractivity contribution in [3.05, 3.63) is 71.1 Å². The topological polar surface area (TPSA) is 29.1 Å². The van der Waals surface area contributed by atoms with Crippen LogP contribution in [-0.2, 0) is 4.79 Å². The number of nitrogens with one attached hydrogen (secondary N) is 1. The average molecular weight is 283 g/mol. The Morgan fingerprint density at radius 2 is 1.70 bits per heavy atom. The van der Waals surface area contributed by atoms with Crippen molar-refractivity contribution in [1.29, 1.82) is 0 Å². The smallest absolute Gasteiger partial charge is 0.251 e. The summed E-state index contributed by atoms with van der Waals surface area (Å²) < 4.78 is 0. The van der Waals surface area contributed by atoms with E-state index >= 15 is 0 Å². The summed E-state index contributed by atoms with van der Waals surface area (Å²) in [6, 6.07) is 17.7. The van der Waals surface area contributed by atoms with Gasteiger partial charge < -0.3 is 5.32 Å². The van der Waals surface area contributed by atoms with Gasteiger partial charge in [0.1, 0.15) is 0 Å². The van der Waals surface area contributed by atoms with Crippen molar-refractivity contribution < 1.29 is 4.79 Å². The monoisotopic (exact) mass is 283 g/mol. The maximum Gasteiger partial charge on any atom is 0.251 e. The molecule has 0 aliphatic carbocycles. The minimum atomic E-state index is -0.0733. The number of anilines is 1. The first-order valence-corrected chi connectivity index (χ1v) is 7.29. The number of thioether (sulfide) groups is 1.